The number of aryl methyl sites for hydroxylation is 1. The van der Waals surface area contributed by atoms with E-state index in [1.165, 1.54) is 0 Å². The second-order valence-electron chi connectivity index (χ2n) is 6.09. The predicted molar refractivity (Wildman–Crippen MR) is 83.3 cm³/mol. The highest BCUT2D eigenvalue weighted by Gasteiger charge is 2.49. The number of rotatable bonds is 3. The van der Waals surface area contributed by atoms with Crippen molar-refractivity contribution >= 4 is 27.3 Å². The van der Waals surface area contributed by atoms with Gasteiger partial charge in [-0.3, -0.25) is 9.59 Å². The molecule has 0 radical (unpaired) electrons. The molecule has 1 aromatic rings. The summed E-state index contributed by atoms with van der Waals surface area (Å²) >= 11 is 0. The molecule has 3 rings (SSSR count). The minimum absolute atomic E-state index is 0.231. The molecule has 1 unspecified atom stereocenters. The average Bonchev–Trinajstić information content (AvgIpc) is 3.10. The third-order valence-electron chi connectivity index (χ3n) is 4.56. The molecule has 1 heterocycles. The van der Waals surface area contributed by atoms with Gasteiger partial charge in [-0.05, 0) is 31.9 Å². The van der Waals surface area contributed by atoms with Gasteiger partial charge in [-0.15, -0.1) is 0 Å². The first-order valence-corrected chi connectivity index (χ1v) is 9.18. The van der Waals surface area contributed by atoms with Crippen LogP contribution in [0.1, 0.15) is 37.7 Å². The number of hydrogen-bond donors (Lipinski definition) is 0. The van der Waals surface area contributed by atoms with Crippen LogP contribution in [0.2, 0.25) is 0 Å². The van der Waals surface area contributed by atoms with E-state index in [4.69, 9.17) is 0 Å². The molecular weight excluding hydrogens is 302 g/mol. The van der Waals surface area contributed by atoms with Crippen LogP contribution in [0.5, 0.6) is 0 Å². The topological polar surface area (TPSA) is 71.5 Å². The molecule has 22 heavy (non-hydrogen) atoms. The Bertz CT molecular complexity index is 702. The normalized spacial score (nSPS) is 23.5. The summed E-state index contributed by atoms with van der Waals surface area (Å²) in [5.74, 6) is -1.03. The highest BCUT2D eigenvalue weighted by Crippen LogP contribution is 2.33. The van der Waals surface area contributed by atoms with Gasteiger partial charge in [0.15, 0.2) is 9.84 Å². The summed E-state index contributed by atoms with van der Waals surface area (Å²) in [6.07, 6.45) is 2.72. The van der Waals surface area contributed by atoms with Crippen LogP contribution >= 0.6 is 0 Å². The van der Waals surface area contributed by atoms with Crippen LogP contribution in [-0.2, 0) is 19.4 Å². The van der Waals surface area contributed by atoms with Gasteiger partial charge in [0.2, 0.25) is 5.91 Å². The van der Waals surface area contributed by atoms with Crippen molar-refractivity contribution in [2.24, 2.45) is 0 Å². The average molecular weight is 321 g/mol. The minimum Gasteiger partial charge on any atom is -0.274 e. The maximum Gasteiger partial charge on any atom is 0.252 e. The van der Waals surface area contributed by atoms with Crippen molar-refractivity contribution in [3.05, 3.63) is 29.8 Å². The predicted octanol–water partition coefficient (Wildman–Crippen LogP) is 1.98. The molecule has 2 amide bonds. The Morgan fingerprint density at radius 3 is 2.23 bits per heavy atom. The lowest BCUT2D eigenvalue weighted by Crippen LogP contribution is -2.38. The molecule has 1 atom stereocenters. The quantitative estimate of drug-likeness (QED) is 0.798. The van der Waals surface area contributed by atoms with E-state index in [9.17, 15) is 18.0 Å². The zero-order chi connectivity index (χ0) is 15.9. The molecule has 1 aromatic carbocycles. The van der Waals surface area contributed by atoms with Crippen molar-refractivity contribution in [3.63, 3.8) is 0 Å². The van der Waals surface area contributed by atoms with Crippen molar-refractivity contribution in [2.45, 2.75) is 49.5 Å². The molecule has 5 nitrogen and oxygen atoms in total. The van der Waals surface area contributed by atoms with E-state index in [0.29, 0.717) is 18.5 Å². The molecule has 6 heteroatoms. The number of anilines is 1. The Hall–Kier alpha value is -1.69. The Morgan fingerprint density at radius 1 is 1.05 bits per heavy atom. The van der Waals surface area contributed by atoms with Crippen LogP contribution in [0.3, 0.4) is 0 Å². The molecule has 0 bridgehead atoms. The van der Waals surface area contributed by atoms with Crippen LogP contribution in [0.4, 0.5) is 5.69 Å². The van der Waals surface area contributed by atoms with E-state index < -0.39 is 32.2 Å². The van der Waals surface area contributed by atoms with E-state index >= 15 is 0 Å². The van der Waals surface area contributed by atoms with Gasteiger partial charge in [0.05, 0.1) is 17.4 Å². The van der Waals surface area contributed by atoms with E-state index in [0.717, 1.165) is 23.3 Å². The summed E-state index contributed by atoms with van der Waals surface area (Å²) in [7, 11) is -3.58. The first-order chi connectivity index (χ1) is 10.4. The van der Waals surface area contributed by atoms with Gasteiger partial charge in [0.25, 0.3) is 5.91 Å². The summed E-state index contributed by atoms with van der Waals surface area (Å²) in [6, 6.07) is 6.95. The van der Waals surface area contributed by atoms with E-state index in [2.05, 4.69) is 0 Å². The van der Waals surface area contributed by atoms with Gasteiger partial charge in [0.1, 0.15) is 5.25 Å². The van der Waals surface area contributed by atoms with Crippen LogP contribution in [0, 0.1) is 6.92 Å². The molecule has 2 aliphatic rings. The molecule has 1 saturated carbocycles. The van der Waals surface area contributed by atoms with Crippen molar-refractivity contribution in [3.8, 4) is 0 Å². The molecule has 2 fully saturated rings. The summed E-state index contributed by atoms with van der Waals surface area (Å²) in [6.45, 7) is 1.91. The van der Waals surface area contributed by atoms with E-state index in [1.807, 2.05) is 6.92 Å². The Morgan fingerprint density at radius 2 is 1.64 bits per heavy atom. The van der Waals surface area contributed by atoms with Gasteiger partial charge in [-0.25, -0.2) is 13.3 Å². The number of benzene rings is 1. The smallest absolute Gasteiger partial charge is 0.252 e. The highest BCUT2D eigenvalue weighted by atomic mass is 32.2. The Balaban J connectivity index is 1.89. The lowest BCUT2D eigenvalue weighted by molar-refractivity contribution is -0.121. The standard InChI is InChI=1S/C16H19NO4S/c1-11-6-8-12(9-7-11)17-15(18)10-14(16(17)19)22(20,21)13-4-2-3-5-13/h6-9,13-14H,2-5,10H2,1H3. The molecule has 1 saturated heterocycles. The molecule has 0 aromatic heterocycles. The SMILES string of the molecule is Cc1ccc(N2C(=O)CC(S(=O)(=O)C3CCCC3)C2=O)cc1. The maximum atomic E-state index is 12.6. The van der Waals surface area contributed by atoms with Crippen LogP contribution < -0.4 is 4.90 Å². The third-order valence-corrected chi connectivity index (χ3v) is 7.12. The number of imide groups is 1. The van der Waals surface area contributed by atoms with Crippen LogP contribution in [-0.4, -0.2) is 30.7 Å². The number of hydrogen-bond acceptors (Lipinski definition) is 4. The fourth-order valence-electron chi connectivity index (χ4n) is 3.28. The van der Waals surface area contributed by atoms with Crippen LogP contribution in [0.15, 0.2) is 24.3 Å². The molecule has 1 aliphatic heterocycles. The fourth-order valence-corrected chi connectivity index (χ4v) is 5.49. The lowest BCUT2D eigenvalue weighted by Gasteiger charge is -2.17. The maximum absolute atomic E-state index is 12.6. The molecular formula is C16H19NO4S. The number of amides is 2. The second kappa shape index (κ2) is 5.50. The molecule has 0 N–H and O–H groups in total. The number of sulfone groups is 1. The third kappa shape index (κ3) is 2.45. The van der Waals surface area contributed by atoms with E-state index in [1.54, 1.807) is 24.3 Å². The first kappa shape index (κ1) is 15.2. The molecule has 118 valence electrons. The van der Waals surface area contributed by atoms with Crippen molar-refractivity contribution in [1.29, 1.82) is 0 Å². The Labute approximate surface area is 130 Å². The van der Waals surface area contributed by atoms with Gasteiger partial charge >= 0.3 is 0 Å². The fraction of sp³-hybridized carbons (Fsp3) is 0.500. The first-order valence-electron chi connectivity index (χ1n) is 7.57. The minimum atomic E-state index is -3.58. The van der Waals surface area contributed by atoms with Crippen molar-refractivity contribution < 1.29 is 18.0 Å². The van der Waals surface area contributed by atoms with Crippen molar-refractivity contribution in [1.82, 2.24) is 0 Å². The van der Waals surface area contributed by atoms with Gasteiger partial charge < -0.3 is 0 Å². The lowest BCUT2D eigenvalue weighted by atomic mass is 10.2. The zero-order valence-corrected chi connectivity index (χ0v) is 13.3. The highest BCUT2D eigenvalue weighted by molar-refractivity contribution is 7.93. The summed E-state index contributed by atoms with van der Waals surface area (Å²) in [4.78, 5) is 25.7. The van der Waals surface area contributed by atoms with Gasteiger partial charge in [-0.2, -0.15) is 0 Å². The van der Waals surface area contributed by atoms with Crippen LogP contribution in [0.25, 0.3) is 0 Å². The second-order valence-corrected chi connectivity index (χ2v) is 8.50. The van der Waals surface area contributed by atoms with E-state index in [-0.39, 0.29) is 6.42 Å². The summed E-state index contributed by atoms with van der Waals surface area (Å²) in [5.41, 5.74) is 1.46. The largest absolute Gasteiger partial charge is 0.274 e. The zero-order valence-electron chi connectivity index (χ0n) is 12.5. The molecule has 0 spiro atoms. The monoisotopic (exact) mass is 321 g/mol. The number of carbonyl (C=O) groups is 2. The number of carbonyl (C=O) groups excluding carboxylic acids is 2. The molecule has 1 aliphatic carbocycles. The summed E-state index contributed by atoms with van der Waals surface area (Å²) < 4.78 is 25.2. The number of nitrogens with zero attached hydrogens (tertiary/aromatic N) is 1. The summed E-state index contributed by atoms with van der Waals surface area (Å²) in [5, 5.41) is -1.67. The van der Waals surface area contributed by atoms with Crippen molar-refractivity contribution in [2.75, 3.05) is 4.90 Å². The van der Waals surface area contributed by atoms with Gasteiger partial charge in [0, 0.05) is 0 Å². The van der Waals surface area contributed by atoms with Gasteiger partial charge in [-0.1, -0.05) is 30.5 Å². The Kier molecular flexibility index (Phi) is 3.80.